The molecule has 6 nitrogen and oxygen atoms in total. The Labute approximate surface area is 152 Å². The summed E-state index contributed by atoms with van der Waals surface area (Å²) in [5.41, 5.74) is 3.47. The highest BCUT2D eigenvalue weighted by atomic mass is 16.5. The summed E-state index contributed by atoms with van der Waals surface area (Å²) in [5, 5.41) is 6.46. The number of nitrogens with zero attached hydrogens (tertiary/aromatic N) is 2. The minimum Gasteiger partial charge on any atom is -0.495 e. The fraction of sp³-hybridized carbons (Fsp3) is 0.150. The first-order valence-electron chi connectivity index (χ1n) is 8.17. The van der Waals surface area contributed by atoms with E-state index in [1.165, 1.54) is 6.33 Å². The number of aromatic nitrogens is 2. The summed E-state index contributed by atoms with van der Waals surface area (Å²) >= 11 is 0. The van der Waals surface area contributed by atoms with E-state index in [1.807, 2.05) is 37.3 Å². The van der Waals surface area contributed by atoms with Crippen LogP contribution in [0.25, 0.3) is 0 Å². The van der Waals surface area contributed by atoms with E-state index in [1.54, 1.807) is 32.2 Å². The molecule has 0 bridgehead atoms. The molecule has 1 heterocycles. The van der Waals surface area contributed by atoms with Crippen molar-refractivity contribution in [2.75, 3.05) is 17.7 Å². The Balaban J connectivity index is 1.78. The summed E-state index contributed by atoms with van der Waals surface area (Å²) < 4.78 is 5.38. The van der Waals surface area contributed by atoms with Gasteiger partial charge in [-0.05, 0) is 55.8 Å². The van der Waals surface area contributed by atoms with Gasteiger partial charge in [0.2, 0.25) is 0 Å². The molecule has 0 fully saturated rings. The van der Waals surface area contributed by atoms with Gasteiger partial charge < -0.3 is 15.4 Å². The van der Waals surface area contributed by atoms with E-state index in [-0.39, 0.29) is 5.78 Å². The van der Waals surface area contributed by atoms with E-state index < -0.39 is 0 Å². The summed E-state index contributed by atoms with van der Waals surface area (Å²) in [7, 11) is 1.63. The Morgan fingerprint density at radius 3 is 2.31 bits per heavy atom. The minimum atomic E-state index is 0.0391. The number of ketones is 1. The van der Waals surface area contributed by atoms with Crippen molar-refractivity contribution < 1.29 is 9.53 Å². The van der Waals surface area contributed by atoms with Crippen molar-refractivity contribution in [3.05, 3.63) is 66.0 Å². The Bertz CT molecular complexity index is 923. The summed E-state index contributed by atoms with van der Waals surface area (Å²) in [6, 6.07) is 14.9. The lowest BCUT2D eigenvalue weighted by Gasteiger charge is -2.12. The lowest BCUT2D eigenvalue weighted by atomic mass is 10.1. The zero-order valence-electron chi connectivity index (χ0n) is 14.9. The van der Waals surface area contributed by atoms with E-state index in [0.717, 1.165) is 22.7 Å². The molecular formula is C20H20N4O2. The molecule has 6 heteroatoms. The van der Waals surface area contributed by atoms with Crippen LogP contribution in [-0.2, 0) is 0 Å². The van der Waals surface area contributed by atoms with Gasteiger partial charge >= 0.3 is 0 Å². The standard InChI is InChI=1S/C20H20N4O2/c1-13-4-9-18(26-3)17(10-13)24-20-11-19(21-12-22-20)23-16-7-5-15(6-8-16)14(2)25/h4-12H,1-3H3,(H2,21,22,23,24). The molecule has 132 valence electrons. The summed E-state index contributed by atoms with van der Waals surface area (Å²) in [4.78, 5) is 19.8. The molecule has 0 saturated heterocycles. The number of rotatable bonds is 6. The maximum Gasteiger partial charge on any atom is 0.159 e. The maximum absolute atomic E-state index is 11.3. The molecule has 0 aliphatic rings. The van der Waals surface area contributed by atoms with Gasteiger partial charge in [0.05, 0.1) is 12.8 Å². The highest BCUT2D eigenvalue weighted by Crippen LogP contribution is 2.28. The molecule has 3 aromatic rings. The van der Waals surface area contributed by atoms with Gasteiger partial charge in [0.25, 0.3) is 0 Å². The third-order valence-electron chi connectivity index (χ3n) is 3.85. The Hall–Kier alpha value is -3.41. The van der Waals surface area contributed by atoms with Crippen molar-refractivity contribution in [1.29, 1.82) is 0 Å². The monoisotopic (exact) mass is 348 g/mol. The van der Waals surface area contributed by atoms with Crippen LogP contribution in [0.3, 0.4) is 0 Å². The maximum atomic E-state index is 11.3. The van der Waals surface area contributed by atoms with Crippen molar-refractivity contribution in [2.45, 2.75) is 13.8 Å². The van der Waals surface area contributed by atoms with Crippen molar-refractivity contribution in [2.24, 2.45) is 0 Å². The third-order valence-corrected chi connectivity index (χ3v) is 3.85. The quantitative estimate of drug-likeness (QED) is 0.640. The topological polar surface area (TPSA) is 76.1 Å². The first kappa shape index (κ1) is 17.4. The molecule has 2 aromatic carbocycles. The first-order chi connectivity index (χ1) is 12.5. The van der Waals surface area contributed by atoms with Crippen LogP contribution in [0.5, 0.6) is 5.75 Å². The summed E-state index contributed by atoms with van der Waals surface area (Å²) in [5.74, 6) is 2.07. The average Bonchev–Trinajstić information content (AvgIpc) is 2.63. The number of benzene rings is 2. The number of anilines is 4. The van der Waals surface area contributed by atoms with Crippen LogP contribution in [0, 0.1) is 6.92 Å². The van der Waals surface area contributed by atoms with Gasteiger partial charge in [-0.15, -0.1) is 0 Å². The van der Waals surface area contributed by atoms with E-state index in [0.29, 0.717) is 17.2 Å². The number of methoxy groups -OCH3 is 1. The number of hydrogen-bond donors (Lipinski definition) is 2. The number of carbonyl (C=O) groups is 1. The zero-order valence-corrected chi connectivity index (χ0v) is 14.9. The smallest absolute Gasteiger partial charge is 0.159 e. The fourth-order valence-corrected chi connectivity index (χ4v) is 2.49. The SMILES string of the molecule is COc1ccc(C)cc1Nc1cc(Nc2ccc(C(C)=O)cc2)ncn1. The Morgan fingerprint density at radius 2 is 1.65 bits per heavy atom. The predicted octanol–water partition coefficient (Wildman–Crippen LogP) is 4.48. The van der Waals surface area contributed by atoms with Crippen molar-refractivity contribution >= 4 is 28.8 Å². The predicted molar refractivity (Wildman–Crippen MR) is 103 cm³/mol. The van der Waals surface area contributed by atoms with Crippen molar-refractivity contribution in [1.82, 2.24) is 9.97 Å². The van der Waals surface area contributed by atoms with Gasteiger partial charge in [0.15, 0.2) is 5.78 Å². The third kappa shape index (κ3) is 4.16. The molecule has 0 radical (unpaired) electrons. The lowest BCUT2D eigenvalue weighted by Crippen LogP contribution is -2.00. The Kier molecular flexibility index (Phi) is 5.12. The van der Waals surface area contributed by atoms with Gasteiger partial charge in [0, 0.05) is 17.3 Å². The molecule has 0 aliphatic heterocycles. The van der Waals surface area contributed by atoms with Crippen LogP contribution in [-0.4, -0.2) is 22.9 Å². The van der Waals surface area contributed by atoms with Crippen molar-refractivity contribution in [3.63, 3.8) is 0 Å². The Morgan fingerprint density at radius 1 is 0.962 bits per heavy atom. The summed E-state index contributed by atoms with van der Waals surface area (Å²) in [6.07, 6.45) is 1.48. The van der Waals surface area contributed by atoms with Gasteiger partial charge in [-0.1, -0.05) is 6.07 Å². The van der Waals surface area contributed by atoms with E-state index in [9.17, 15) is 4.79 Å². The van der Waals surface area contributed by atoms with E-state index >= 15 is 0 Å². The van der Waals surface area contributed by atoms with Crippen molar-refractivity contribution in [3.8, 4) is 5.75 Å². The van der Waals surface area contributed by atoms with Gasteiger partial charge in [0.1, 0.15) is 23.7 Å². The number of carbonyl (C=O) groups excluding carboxylic acids is 1. The number of ether oxygens (including phenoxy) is 1. The van der Waals surface area contributed by atoms with Gasteiger partial charge in [-0.2, -0.15) is 0 Å². The van der Waals surface area contributed by atoms with Crippen LogP contribution in [0.4, 0.5) is 23.0 Å². The number of Topliss-reactive ketones (excluding diaryl/α,β-unsaturated/α-hetero) is 1. The van der Waals surface area contributed by atoms with Crippen LogP contribution >= 0.6 is 0 Å². The molecule has 0 atom stereocenters. The normalized spacial score (nSPS) is 10.3. The largest absolute Gasteiger partial charge is 0.495 e. The van der Waals surface area contributed by atoms with Crippen LogP contribution in [0.2, 0.25) is 0 Å². The summed E-state index contributed by atoms with van der Waals surface area (Å²) in [6.45, 7) is 3.56. The molecule has 0 aliphatic carbocycles. The molecule has 0 spiro atoms. The second kappa shape index (κ2) is 7.65. The zero-order chi connectivity index (χ0) is 18.5. The van der Waals surface area contributed by atoms with Crippen LogP contribution < -0.4 is 15.4 Å². The van der Waals surface area contributed by atoms with Crippen LogP contribution in [0.15, 0.2) is 54.9 Å². The fourth-order valence-electron chi connectivity index (χ4n) is 2.49. The van der Waals surface area contributed by atoms with E-state index in [4.69, 9.17) is 4.74 Å². The first-order valence-corrected chi connectivity index (χ1v) is 8.17. The second-order valence-electron chi connectivity index (χ2n) is 5.88. The number of nitrogens with one attached hydrogen (secondary N) is 2. The number of aryl methyl sites for hydroxylation is 1. The highest BCUT2D eigenvalue weighted by molar-refractivity contribution is 5.94. The number of hydrogen-bond acceptors (Lipinski definition) is 6. The molecule has 0 unspecified atom stereocenters. The van der Waals surface area contributed by atoms with Crippen LogP contribution in [0.1, 0.15) is 22.8 Å². The molecule has 0 saturated carbocycles. The minimum absolute atomic E-state index is 0.0391. The molecule has 0 amide bonds. The molecule has 3 rings (SSSR count). The highest BCUT2D eigenvalue weighted by Gasteiger charge is 2.06. The molecule has 2 N–H and O–H groups in total. The average molecular weight is 348 g/mol. The molecular weight excluding hydrogens is 328 g/mol. The lowest BCUT2D eigenvalue weighted by molar-refractivity contribution is 0.101. The molecule has 1 aromatic heterocycles. The van der Waals surface area contributed by atoms with Gasteiger partial charge in [-0.25, -0.2) is 9.97 Å². The molecule has 26 heavy (non-hydrogen) atoms. The van der Waals surface area contributed by atoms with Gasteiger partial charge in [-0.3, -0.25) is 4.79 Å². The van der Waals surface area contributed by atoms with E-state index in [2.05, 4.69) is 20.6 Å². The second-order valence-corrected chi connectivity index (χ2v) is 5.88.